The summed E-state index contributed by atoms with van der Waals surface area (Å²) in [6.45, 7) is 3.59. The molecule has 3 rings (SSSR count). The minimum atomic E-state index is 0.116. The largest absolute Gasteiger partial charge is 0.495 e. The minimum Gasteiger partial charge on any atom is -0.495 e. The molecule has 0 aliphatic rings. The highest BCUT2D eigenvalue weighted by Crippen LogP contribution is 2.28. The van der Waals surface area contributed by atoms with Gasteiger partial charge in [0.2, 0.25) is 0 Å². The summed E-state index contributed by atoms with van der Waals surface area (Å²) in [6.07, 6.45) is 0. The molecule has 0 spiro atoms. The number of benzene rings is 3. The third kappa shape index (κ3) is 6.11. The molecule has 0 unspecified atom stereocenters. The second-order valence-corrected chi connectivity index (χ2v) is 7.29. The van der Waals surface area contributed by atoms with Crippen molar-refractivity contribution in [2.24, 2.45) is 0 Å². The van der Waals surface area contributed by atoms with Gasteiger partial charge >= 0.3 is 0 Å². The molecule has 0 heterocycles. The molecule has 5 heteroatoms. The normalized spacial score (nSPS) is 9.62. The van der Waals surface area contributed by atoms with Crippen LogP contribution in [0.2, 0.25) is 0 Å². The van der Waals surface area contributed by atoms with Crippen molar-refractivity contribution in [1.29, 1.82) is 5.26 Å². The van der Waals surface area contributed by atoms with Gasteiger partial charge < -0.3 is 19.5 Å². The second kappa shape index (κ2) is 12.0. The molecule has 0 saturated heterocycles. The van der Waals surface area contributed by atoms with Gasteiger partial charge in [-0.15, -0.1) is 0 Å². The first kappa shape index (κ1) is 24.3. The highest BCUT2D eigenvalue weighted by Gasteiger charge is 2.09. The van der Waals surface area contributed by atoms with Crippen LogP contribution < -0.4 is 14.4 Å². The number of hydrogen-bond acceptors (Lipinski definition) is 5. The van der Waals surface area contributed by atoms with Gasteiger partial charge in [-0.25, -0.2) is 0 Å². The molecule has 170 valence electrons. The zero-order valence-corrected chi connectivity index (χ0v) is 19.6. The minimum absolute atomic E-state index is 0.116. The van der Waals surface area contributed by atoms with Gasteiger partial charge in [-0.1, -0.05) is 23.7 Å². The number of likely N-dealkylation sites (N-methyl/N-ethyl adjacent to an activating group) is 1. The number of anilines is 1. The van der Waals surface area contributed by atoms with Crippen LogP contribution in [0.4, 0.5) is 5.69 Å². The van der Waals surface area contributed by atoms with E-state index in [2.05, 4.69) is 41.6 Å². The summed E-state index contributed by atoms with van der Waals surface area (Å²) in [5.41, 5.74) is 4.69. The maximum Gasteiger partial charge on any atom is 0.136 e. The predicted molar refractivity (Wildman–Crippen MR) is 134 cm³/mol. The number of ether oxygens (including phenoxy) is 2. The van der Waals surface area contributed by atoms with Gasteiger partial charge in [-0.2, -0.15) is 5.26 Å². The van der Waals surface area contributed by atoms with Gasteiger partial charge in [0.15, 0.2) is 0 Å². The van der Waals surface area contributed by atoms with Crippen molar-refractivity contribution in [3.8, 4) is 41.2 Å². The van der Waals surface area contributed by atoms with E-state index in [0.29, 0.717) is 34.7 Å². The molecule has 0 radical (unpaired) electrons. The molecule has 0 atom stereocenters. The van der Waals surface area contributed by atoms with Crippen LogP contribution in [0, 0.1) is 35.0 Å². The highest BCUT2D eigenvalue weighted by atomic mass is 16.5. The summed E-state index contributed by atoms with van der Waals surface area (Å²) >= 11 is 0. The highest BCUT2D eigenvalue weighted by molar-refractivity contribution is 5.61. The van der Waals surface area contributed by atoms with Crippen LogP contribution in [0.25, 0.3) is 0 Å². The number of hydrogen-bond donors (Lipinski definition) is 1. The summed E-state index contributed by atoms with van der Waals surface area (Å²) < 4.78 is 11.1. The van der Waals surface area contributed by atoms with Crippen molar-refractivity contribution in [2.75, 3.05) is 38.8 Å². The molecule has 0 aliphatic heterocycles. The zero-order valence-electron chi connectivity index (χ0n) is 19.6. The second-order valence-electron chi connectivity index (χ2n) is 7.29. The fraction of sp³-hybridized carbons (Fsp3) is 0.207. The lowest BCUT2D eigenvalue weighted by Gasteiger charge is -2.21. The van der Waals surface area contributed by atoms with Crippen LogP contribution in [0.1, 0.15) is 34.7 Å². The molecule has 3 aromatic rings. The van der Waals surface area contributed by atoms with E-state index in [1.165, 1.54) is 0 Å². The molecule has 0 bridgehead atoms. The number of aliphatic hydroxyl groups is 1. The van der Waals surface area contributed by atoms with Gasteiger partial charge in [-0.05, 0) is 55.5 Å². The number of methoxy groups -OCH3 is 2. The van der Waals surface area contributed by atoms with Gasteiger partial charge in [0.05, 0.1) is 43.6 Å². The molecular formula is C29H26N2O3. The van der Waals surface area contributed by atoms with E-state index in [0.717, 1.165) is 23.4 Å². The number of aliphatic hydroxyl groups excluding tert-OH is 1. The Morgan fingerprint density at radius 3 is 1.65 bits per heavy atom. The Hall–Kier alpha value is -4.37. The summed E-state index contributed by atoms with van der Waals surface area (Å²) in [7, 11) is 3.19. The molecule has 1 N–H and O–H groups in total. The molecule has 0 aliphatic carbocycles. The smallest absolute Gasteiger partial charge is 0.136 e. The van der Waals surface area contributed by atoms with E-state index in [1.807, 2.05) is 48.5 Å². The van der Waals surface area contributed by atoms with E-state index < -0.39 is 0 Å². The molecule has 0 aromatic heterocycles. The van der Waals surface area contributed by atoms with Crippen LogP contribution in [-0.4, -0.2) is 39.0 Å². The fourth-order valence-corrected chi connectivity index (χ4v) is 3.35. The Labute approximate surface area is 201 Å². The Kier molecular flexibility index (Phi) is 8.59. The summed E-state index contributed by atoms with van der Waals surface area (Å²) in [5, 5.41) is 18.1. The third-order valence-electron chi connectivity index (χ3n) is 5.20. The first-order chi connectivity index (χ1) is 16.6. The Bertz CT molecular complexity index is 1280. The monoisotopic (exact) mass is 450 g/mol. The molecule has 5 nitrogen and oxygen atoms in total. The number of nitrogens with zero attached hydrogens (tertiary/aromatic N) is 2. The van der Waals surface area contributed by atoms with Crippen LogP contribution in [-0.2, 0) is 0 Å². The molecule has 34 heavy (non-hydrogen) atoms. The van der Waals surface area contributed by atoms with Crippen molar-refractivity contribution < 1.29 is 14.6 Å². The maximum atomic E-state index is 9.21. The van der Waals surface area contributed by atoms with Crippen molar-refractivity contribution in [1.82, 2.24) is 0 Å². The Morgan fingerprint density at radius 1 is 0.765 bits per heavy atom. The first-order valence-corrected chi connectivity index (χ1v) is 10.9. The summed E-state index contributed by atoms with van der Waals surface area (Å²) in [5.74, 6) is 13.8. The van der Waals surface area contributed by atoms with Crippen LogP contribution >= 0.6 is 0 Å². The number of rotatable bonds is 6. The van der Waals surface area contributed by atoms with Crippen molar-refractivity contribution in [3.05, 3.63) is 88.5 Å². The fourth-order valence-electron chi connectivity index (χ4n) is 3.35. The van der Waals surface area contributed by atoms with Crippen molar-refractivity contribution >= 4 is 5.69 Å². The molecule has 0 amide bonds. The lowest BCUT2D eigenvalue weighted by atomic mass is 10.1. The van der Waals surface area contributed by atoms with E-state index in [-0.39, 0.29) is 6.61 Å². The predicted octanol–water partition coefficient (Wildman–Crippen LogP) is 4.19. The first-order valence-electron chi connectivity index (χ1n) is 10.9. The third-order valence-corrected chi connectivity index (χ3v) is 5.20. The van der Waals surface area contributed by atoms with Gasteiger partial charge in [0.25, 0.3) is 0 Å². The van der Waals surface area contributed by atoms with E-state index >= 15 is 0 Å². The van der Waals surface area contributed by atoms with E-state index in [4.69, 9.17) is 14.7 Å². The molecular weight excluding hydrogens is 424 g/mol. The molecule has 0 saturated carbocycles. The summed E-state index contributed by atoms with van der Waals surface area (Å²) in [4.78, 5) is 2.10. The number of nitriles is 1. The van der Waals surface area contributed by atoms with E-state index in [9.17, 15) is 5.11 Å². The van der Waals surface area contributed by atoms with E-state index in [1.54, 1.807) is 26.4 Å². The standard InChI is InChI=1S/C29H26N2O3/c1-4-31(17-18-32)27-15-11-23(12-16-27)10-14-26-20-28(33-2)25(19-29(26)34-3)13-9-22-5-7-24(21-30)8-6-22/h5-8,11-12,15-16,19-20,32H,4,17-18H2,1-3H3. The average Bonchev–Trinajstić information content (AvgIpc) is 2.89. The van der Waals surface area contributed by atoms with Gasteiger partial charge in [0, 0.05) is 42.0 Å². The van der Waals surface area contributed by atoms with Crippen LogP contribution in [0.15, 0.2) is 60.7 Å². The molecule has 3 aromatic carbocycles. The van der Waals surface area contributed by atoms with Gasteiger partial charge in [0.1, 0.15) is 11.5 Å². The maximum absolute atomic E-state index is 9.21. The van der Waals surface area contributed by atoms with Crippen molar-refractivity contribution in [3.63, 3.8) is 0 Å². The topological polar surface area (TPSA) is 65.7 Å². The van der Waals surface area contributed by atoms with Crippen LogP contribution in [0.5, 0.6) is 11.5 Å². The Morgan fingerprint density at radius 2 is 1.24 bits per heavy atom. The van der Waals surface area contributed by atoms with Gasteiger partial charge in [-0.3, -0.25) is 0 Å². The average molecular weight is 451 g/mol. The zero-order chi connectivity index (χ0) is 24.3. The molecule has 0 fully saturated rings. The SMILES string of the molecule is CCN(CCO)c1ccc(C#Cc2cc(OC)c(C#Cc3ccc(C#N)cc3)cc2OC)cc1. The van der Waals surface area contributed by atoms with Crippen molar-refractivity contribution in [2.45, 2.75) is 6.92 Å². The lowest BCUT2D eigenvalue weighted by Crippen LogP contribution is -2.25. The van der Waals surface area contributed by atoms with Crippen LogP contribution in [0.3, 0.4) is 0 Å². The summed E-state index contributed by atoms with van der Waals surface area (Å²) in [6, 6.07) is 20.8. The lowest BCUT2D eigenvalue weighted by molar-refractivity contribution is 0.302. The Balaban J connectivity index is 1.87. The quantitative estimate of drug-likeness (QED) is 0.571.